The van der Waals surface area contributed by atoms with E-state index in [1.54, 1.807) is 12.3 Å². The van der Waals surface area contributed by atoms with E-state index in [0.29, 0.717) is 28.8 Å². The minimum Gasteiger partial charge on any atom is -0.483 e. The van der Waals surface area contributed by atoms with E-state index < -0.39 is 11.9 Å². The molecule has 0 aliphatic rings. The number of para-hydroxylation sites is 2. The van der Waals surface area contributed by atoms with Gasteiger partial charge in [0.2, 0.25) is 0 Å². The van der Waals surface area contributed by atoms with Crippen LogP contribution in [0.5, 0.6) is 5.75 Å². The van der Waals surface area contributed by atoms with Gasteiger partial charge >= 0.3 is 0 Å². The van der Waals surface area contributed by atoms with Crippen molar-refractivity contribution in [3.8, 4) is 5.75 Å². The van der Waals surface area contributed by atoms with Gasteiger partial charge in [-0.3, -0.25) is 9.59 Å². The molecule has 0 aliphatic heterocycles. The van der Waals surface area contributed by atoms with Gasteiger partial charge in [-0.05, 0) is 61.1 Å². The van der Waals surface area contributed by atoms with Crippen molar-refractivity contribution in [1.82, 2.24) is 15.3 Å². The first-order chi connectivity index (χ1) is 19.6. The quantitative estimate of drug-likeness (QED) is 0.150. The third-order valence-electron chi connectivity index (χ3n) is 6.67. The summed E-state index contributed by atoms with van der Waals surface area (Å²) in [7, 11) is 0. The van der Waals surface area contributed by atoms with Gasteiger partial charge < -0.3 is 14.6 Å². The molecular weight excluding hydrogens is 559 g/mol. The average Bonchev–Trinajstić information content (AvgIpc) is 3.26. The molecule has 0 unspecified atom stereocenters. The topological polar surface area (TPSA) is 84.7 Å². The number of rotatable bonds is 11. The summed E-state index contributed by atoms with van der Waals surface area (Å²) in [5, 5.41) is 9.18. The minimum atomic E-state index is -0.755. The highest BCUT2D eigenvalue weighted by molar-refractivity contribution is 6.35. The average molecular weight is 594 g/mol. The van der Waals surface area contributed by atoms with Gasteiger partial charge in [0.25, 0.3) is 11.8 Å². The third kappa shape index (κ3) is 7.90. The van der Waals surface area contributed by atoms with Crippen molar-refractivity contribution in [2.75, 3.05) is 6.61 Å². The van der Waals surface area contributed by atoms with Crippen LogP contribution >= 0.6 is 23.2 Å². The minimum absolute atomic E-state index is 0.173. The molecule has 0 saturated carbocycles. The number of hydrogen-bond donors (Lipinski definition) is 2. The van der Waals surface area contributed by atoms with Crippen LogP contribution < -0.4 is 15.5 Å². The number of benzene rings is 3. The van der Waals surface area contributed by atoms with Crippen LogP contribution in [0.1, 0.15) is 42.5 Å². The number of amides is 2. The maximum atomic E-state index is 13.1. The van der Waals surface area contributed by atoms with E-state index in [2.05, 4.69) is 20.4 Å². The third-order valence-corrected chi connectivity index (χ3v) is 7.26. The molecule has 0 spiro atoms. The fourth-order valence-corrected chi connectivity index (χ4v) is 5.16. The number of halogens is 2. The molecule has 9 heteroatoms. The van der Waals surface area contributed by atoms with Gasteiger partial charge in [-0.2, -0.15) is 5.10 Å². The zero-order valence-corrected chi connectivity index (χ0v) is 25.1. The number of aryl methyl sites for hydroxylation is 2. The molecule has 0 saturated heterocycles. The lowest BCUT2D eigenvalue weighted by Gasteiger charge is -2.19. The molecule has 0 bridgehead atoms. The number of aromatic nitrogens is 1. The fourth-order valence-electron chi connectivity index (χ4n) is 4.69. The molecule has 0 fully saturated rings. The number of fused-ring (bicyclic) bond motifs is 1. The number of hydrazone groups is 1. The summed E-state index contributed by atoms with van der Waals surface area (Å²) in [4.78, 5) is 25.7. The first-order valence-corrected chi connectivity index (χ1v) is 14.2. The highest BCUT2D eigenvalue weighted by Crippen LogP contribution is 2.26. The van der Waals surface area contributed by atoms with E-state index in [1.807, 2.05) is 88.5 Å². The molecule has 214 valence electrons. The van der Waals surface area contributed by atoms with Gasteiger partial charge in [0.1, 0.15) is 11.8 Å². The van der Waals surface area contributed by atoms with Crippen molar-refractivity contribution in [2.24, 2.45) is 11.0 Å². The van der Waals surface area contributed by atoms with E-state index in [0.717, 1.165) is 33.2 Å². The first-order valence-electron chi connectivity index (χ1n) is 13.5. The van der Waals surface area contributed by atoms with Crippen LogP contribution in [0.2, 0.25) is 10.0 Å². The molecule has 1 aromatic heterocycles. The van der Waals surface area contributed by atoms with Crippen LogP contribution in [0.15, 0.2) is 72.0 Å². The van der Waals surface area contributed by atoms with Crippen molar-refractivity contribution < 1.29 is 14.3 Å². The fraction of sp³-hybridized carbons (Fsp3) is 0.281. The summed E-state index contributed by atoms with van der Waals surface area (Å²) in [6.45, 7) is 8.20. The lowest BCUT2D eigenvalue weighted by molar-refractivity contribution is -0.130. The Balaban J connectivity index is 1.44. The lowest BCUT2D eigenvalue weighted by atomic mass is 10.0. The highest BCUT2D eigenvalue weighted by Gasteiger charge is 2.22. The van der Waals surface area contributed by atoms with Crippen LogP contribution in [-0.2, 0) is 16.1 Å². The number of carbonyl (C=O) groups excluding carboxylic acids is 2. The van der Waals surface area contributed by atoms with Crippen molar-refractivity contribution >= 4 is 52.1 Å². The molecule has 2 N–H and O–H groups in total. The monoisotopic (exact) mass is 592 g/mol. The second kappa shape index (κ2) is 13.7. The van der Waals surface area contributed by atoms with Gasteiger partial charge in [-0.1, -0.05) is 79.5 Å². The van der Waals surface area contributed by atoms with Crippen LogP contribution in [0.4, 0.5) is 0 Å². The smallest absolute Gasteiger partial charge is 0.262 e. The normalized spacial score (nSPS) is 12.2. The number of nitrogens with zero attached hydrogens (tertiary/aromatic N) is 2. The highest BCUT2D eigenvalue weighted by atomic mass is 35.5. The van der Waals surface area contributed by atoms with Gasteiger partial charge in [-0.25, -0.2) is 5.43 Å². The number of hydrogen-bond acceptors (Lipinski definition) is 4. The Labute approximate surface area is 250 Å². The van der Waals surface area contributed by atoms with Gasteiger partial charge in [0.15, 0.2) is 6.61 Å². The Morgan fingerprint density at radius 2 is 1.76 bits per heavy atom. The molecular formula is C32H34Cl2N4O3. The second-order valence-electron chi connectivity index (χ2n) is 10.5. The Hall–Kier alpha value is -3.81. The zero-order valence-electron chi connectivity index (χ0n) is 23.6. The zero-order chi connectivity index (χ0) is 29.5. The molecule has 0 aliphatic carbocycles. The van der Waals surface area contributed by atoms with E-state index >= 15 is 0 Å². The van der Waals surface area contributed by atoms with Gasteiger partial charge in [-0.15, -0.1) is 0 Å². The summed E-state index contributed by atoms with van der Waals surface area (Å²) < 4.78 is 7.84. The van der Waals surface area contributed by atoms with Gasteiger partial charge in [0.05, 0.1) is 6.21 Å². The second-order valence-corrected chi connectivity index (χ2v) is 11.3. The standard InChI is InChI=1S/C32H34Cl2N4O3/c1-20(2)14-28(36-30(39)19-41-31-21(3)8-7-9-22(31)4)32(40)37-35-16-24-18-38(29-11-6-5-10-26(24)29)17-23-12-13-25(33)15-27(23)34/h5-13,15-16,18,20,28H,14,17,19H2,1-4H3,(H,36,39)(H,37,40)/b35-16-/t28-/m1/s1. The first kappa shape index (κ1) is 30.2. The van der Waals surface area contributed by atoms with Crippen molar-refractivity contribution in [3.63, 3.8) is 0 Å². The summed E-state index contributed by atoms with van der Waals surface area (Å²) in [6, 6.07) is 18.4. The SMILES string of the molecule is Cc1cccc(C)c1OCC(=O)N[C@H](CC(C)C)C(=O)N/N=C\c1cn(Cc2ccc(Cl)cc2Cl)c2ccccc12. The molecule has 41 heavy (non-hydrogen) atoms. The van der Waals surface area contributed by atoms with Gasteiger partial charge in [0, 0.05) is 39.3 Å². The summed E-state index contributed by atoms with van der Waals surface area (Å²) in [5.74, 6) is 0.0789. The predicted molar refractivity (Wildman–Crippen MR) is 166 cm³/mol. The van der Waals surface area contributed by atoms with E-state index in [1.165, 1.54) is 0 Å². The molecule has 1 heterocycles. The Morgan fingerprint density at radius 3 is 2.46 bits per heavy atom. The molecule has 4 rings (SSSR count). The van der Waals surface area contributed by atoms with Crippen LogP contribution in [0, 0.1) is 19.8 Å². The van der Waals surface area contributed by atoms with E-state index in [4.69, 9.17) is 27.9 Å². The number of nitrogens with one attached hydrogen (secondary N) is 2. The molecule has 1 atom stereocenters. The number of carbonyl (C=O) groups is 2. The maximum absolute atomic E-state index is 13.1. The van der Waals surface area contributed by atoms with Crippen LogP contribution in [-0.4, -0.2) is 35.2 Å². The van der Waals surface area contributed by atoms with Crippen molar-refractivity contribution in [3.05, 3.63) is 99.2 Å². The Morgan fingerprint density at radius 1 is 1.02 bits per heavy atom. The van der Waals surface area contributed by atoms with Crippen LogP contribution in [0.3, 0.4) is 0 Å². The van der Waals surface area contributed by atoms with E-state index in [9.17, 15) is 9.59 Å². The summed E-state index contributed by atoms with van der Waals surface area (Å²) in [6.07, 6.45) is 4.03. The lowest BCUT2D eigenvalue weighted by Crippen LogP contribution is -2.47. The van der Waals surface area contributed by atoms with Crippen molar-refractivity contribution in [2.45, 2.75) is 46.7 Å². The summed E-state index contributed by atoms with van der Waals surface area (Å²) in [5.41, 5.74) is 7.26. The Kier molecular flexibility index (Phi) is 10.1. The molecule has 0 radical (unpaired) electrons. The molecule has 4 aromatic rings. The predicted octanol–water partition coefficient (Wildman–Crippen LogP) is 6.67. The van der Waals surface area contributed by atoms with Crippen molar-refractivity contribution in [1.29, 1.82) is 0 Å². The maximum Gasteiger partial charge on any atom is 0.262 e. The Bertz CT molecular complexity index is 1560. The van der Waals surface area contributed by atoms with E-state index in [-0.39, 0.29) is 18.4 Å². The van der Waals surface area contributed by atoms with Crippen LogP contribution in [0.25, 0.3) is 10.9 Å². The molecule has 3 aromatic carbocycles. The molecule has 2 amide bonds. The molecule has 7 nitrogen and oxygen atoms in total. The largest absolute Gasteiger partial charge is 0.483 e. The summed E-state index contributed by atoms with van der Waals surface area (Å²) >= 11 is 12.5. The number of ether oxygens (including phenoxy) is 1.